The highest BCUT2D eigenvalue weighted by Gasteiger charge is 2.21. The maximum atomic E-state index is 5.91. The molecule has 1 aromatic heterocycles. The van der Waals surface area contributed by atoms with Gasteiger partial charge in [-0.3, -0.25) is 0 Å². The quantitative estimate of drug-likeness (QED) is 0.787. The zero-order valence-corrected chi connectivity index (χ0v) is 13.6. The Bertz CT molecular complexity index is 862. The first-order valence-corrected chi connectivity index (χ1v) is 8.29. The van der Waals surface area contributed by atoms with Crippen LogP contribution in [0.3, 0.4) is 0 Å². The summed E-state index contributed by atoms with van der Waals surface area (Å²) in [7, 11) is 0. The van der Waals surface area contributed by atoms with Crippen LogP contribution in [0.5, 0.6) is 5.75 Å². The minimum Gasteiger partial charge on any atom is -0.493 e. The molecule has 1 N–H and O–H groups in total. The van der Waals surface area contributed by atoms with Crippen molar-refractivity contribution in [3.05, 3.63) is 60.2 Å². The van der Waals surface area contributed by atoms with Gasteiger partial charge in [-0.25, -0.2) is 9.97 Å². The summed E-state index contributed by atoms with van der Waals surface area (Å²) in [6.45, 7) is 3.54. The molecule has 0 aliphatic carbocycles. The highest BCUT2D eigenvalue weighted by molar-refractivity contribution is 5.76. The van der Waals surface area contributed by atoms with Gasteiger partial charge < -0.3 is 10.1 Å². The molecule has 2 heterocycles. The summed E-state index contributed by atoms with van der Waals surface area (Å²) in [4.78, 5) is 9.68. The number of aromatic nitrogens is 2. The van der Waals surface area contributed by atoms with Crippen LogP contribution in [0.25, 0.3) is 22.6 Å². The average molecular weight is 317 g/mol. The third kappa shape index (κ3) is 2.60. The summed E-state index contributed by atoms with van der Waals surface area (Å²) >= 11 is 0. The summed E-state index contributed by atoms with van der Waals surface area (Å²) in [5.41, 5.74) is 4.14. The van der Waals surface area contributed by atoms with Gasteiger partial charge in [0.25, 0.3) is 0 Å². The smallest absolute Gasteiger partial charge is 0.162 e. The van der Waals surface area contributed by atoms with Gasteiger partial charge in [-0.2, -0.15) is 0 Å². The normalized spacial score (nSPS) is 12.5. The van der Waals surface area contributed by atoms with E-state index in [1.54, 1.807) is 0 Å². The van der Waals surface area contributed by atoms with Crippen molar-refractivity contribution in [2.24, 2.45) is 0 Å². The molecule has 3 aromatic rings. The first kappa shape index (κ1) is 14.7. The molecule has 0 atom stereocenters. The Hall–Kier alpha value is -2.88. The third-order valence-electron chi connectivity index (χ3n) is 4.14. The molecule has 1 aliphatic heterocycles. The van der Waals surface area contributed by atoms with Gasteiger partial charge in [0, 0.05) is 29.7 Å². The van der Waals surface area contributed by atoms with Gasteiger partial charge in [0.1, 0.15) is 11.6 Å². The number of anilines is 1. The van der Waals surface area contributed by atoms with Crippen molar-refractivity contribution < 1.29 is 4.74 Å². The van der Waals surface area contributed by atoms with Crippen LogP contribution >= 0.6 is 0 Å². The fourth-order valence-corrected chi connectivity index (χ4v) is 3.02. The maximum Gasteiger partial charge on any atom is 0.162 e. The molecule has 0 bridgehead atoms. The maximum absolute atomic E-state index is 5.91. The number of ether oxygens (including phenoxy) is 1. The van der Waals surface area contributed by atoms with Crippen molar-refractivity contribution in [3.63, 3.8) is 0 Å². The van der Waals surface area contributed by atoms with Crippen molar-refractivity contribution in [1.29, 1.82) is 0 Å². The Morgan fingerprint density at radius 1 is 1.00 bits per heavy atom. The molecule has 0 saturated heterocycles. The van der Waals surface area contributed by atoms with Gasteiger partial charge in [0.05, 0.1) is 12.3 Å². The predicted octanol–water partition coefficient (Wildman–Crippen LogP) is 4.18. The van der Waals surface area contributed by atoms with Crippen molar-refractivity contribution in [1.82, 2.24) is 9.97 Å². The van der Waals surface area contributed by atoms with Crippen molar-refractivity contribution in [2.75, 3.05) is 18.5 Å². The van der Waals surface area contributed by atoms with E-state index < -0.39 is 0 Å². The van der Waals surface area contributed by atoms with Crippen molar-refractivity contribution in [3.8, 4) is 28.4 Å². The molecule has 0 saturated carbocycles. The van der Waals surface area contributed by atoms with E-state index >= 15 is 0 Å². The minimum atomic E-state index is 0.635. The third-order valence-corrected chi connectivity index (χ3v) is 4.14. The zero-order valence-electron chi connectivity index (χ0n) is 13.6. The van der Waals surface area contributed by atoms with Crippen LogP contribution in [0.1, 0.15) is 12.5 Å². The van der Waals surface area contributed by atoms with E-state index in [9.17, 15) is 0 Å². The molecule has 24 heavy (non-hydrogen) atoms. The molecule has 4 rings (SSSR count). The lowest BCUT2D eigenvalue weighted by Gasteiger charge is -2.14. The van der Waals surface area contributed by atoms with Gasteiger partial charge in [-0.05, 0) is 19.1 Å². The first-order valence-electron chi connectivity index (χ1n) is 8.29. The van der Waals surface area contributed by atoms with Crippen molar-refractivity contribution in [2.45, 2.75) is 13.3 Å². The Labute approximate surface area is 141 Å². The van der Waals surface area contributed by atoms with E-state index in [1.165, 1.54) is 0 Å². The number of nitrogens with one attached hydrogen (secondary N) is 1. The Morgan fingerprint density at radius 2 is 1.79 bits per heavy atom. The van der Waals surface area contributed by atoms with Crippen LogP contribution < -0.4 is 10.1 Å². The molecule has 120 valence electrons. The van der Waals surface area contributed by atoms with Crippen LogP contribution in [0.2, 0.25) is 0 Å². The number of nitrogens with zero attached hydrogens (tertiary/aromatic N) is 2. The van der Waals surface area contributed by atoms with E-state index in [-0.39, 0.29) is 0 Å². The first-order chi connectivity index (χ1) is 11.9. The Kier molecular flexibility index (Phi) is 3.87. The number of fused-ring (bicyclic) bond motifs is 3. The number of rotatable bonds is 3. The van der Waals surface area contributed by atoms with E-state index in [4.69, 9.17) is 14.7 Å². The lowest BCUT2D eigenvalue weighted by Crippen LogP contribution is -2.09. The van der Waals surface area contributed by atoms with Gasteiger partial charge in [0.2, 0.25) is 0 Å². The molecular weight excluding hydrogens is 298 g/mol. The van der Waals surface area contributed by atoms with Crippen LogP contribution in [-0.4, -0.2) is 23.1 Å². The number of hydrogen-bond acceptors (Lipinski definition) is 4. The molecule has 1 aliphatic rings. The summed E-state index contributed by atoms with van der Waals surface area (Å²) in [6, 6.07) is 18.2. The predicted molar refractivity (Wildman–Crippen MR) is 96.3 cm³/mol. The summed E-state index contributed by atoms with van der Waals surface area (Å²) < 4.78 is 5.91. The SMILES string of the molecule is CCNc1nc(-c2ccccc2)nc2c1CCOc1ccccc1-2. The number of benzene rings is 2. The Balaban J connectivity index is 1.96. The highest BCUT2D eigenvalue weighted by atomic mass is 16.5. The van der Waals surface area contributed by atoms with Gasteiger partial charge in [-0.1, -0.05) is 42.5 Å². The summed E-state index contributed by atoms with van der Waals surface area (Å²) in [5, 5.41) is 3.40. The molecule has 4 nitrogen and oxygen atoms in total. The van der Waals surface area contributed by atoms with Crippen LogP contribution in [0.15, 0.2) is 54.6 Å². The van der Waals surface area contributed by atoms with Crippen LogP contribution in [0, 0.1) is 0 Å². The van der Waals surface area contributed by atoms with E-state index in [0.29, 0.717) is 6.61 Å². The lowest BCUT2D eigenvalue weighted by atomic mass is 10.0. The van der Waals surface area contributed by atoms with E-state index in [0.717, 1.165) is 52.7 Å². The highest BCUT2D eigenvalue weighted by Crippen LogP contribution is 2.37. The second-order valence-corrected chi connectivity index (χ2v) is 5.71. The molecule has 2 aromatic carbocycles. The molecule has 0 spiro atoms. The fraction of sp³-hybridized carbons (Fsp3) is 0.200. The van der Waals surface area contributed by atoms with Gasteiger partial charge in [0.15, 0.2) is 5.82 Å². The van der Waals surface area contributed by atoms with E-state index in [1.807, 2.05) is 48.5 Å². The standard InChI is InChI=1S/C20H19N3O/c1-2-21-20-16-12-13-24-17-11-7-6-10-15(17)18(16)22-19(23-20)14-8-4-3-5-9-14/h3-11H,2,12-13H2,1H3,(H,21,22,23). The summed E-state index contributed by atoms with van der Waals surface area (Å²) in [5.74, 6) is 2.53. The molecular formula is C20H19N3O. The average Bonchev–Trinajstić information content (AvgIpc) is 2.82. The monoisotopic (exact) mass is 317 g/mol. The zero-order chi connectivity index (χ0) is 16.4. The molecule has 0 fully saturated rings. The number of para-hydroxylation sites is 1. The minimum absolute atomic E-state index is 0.635. The van der Waals surface area contributed by atoms with Crippen LogP contribution in [0.4, 0.5) is 5.82 Å². The van der Waals surface area contributed by atoms with E-state index in [2.05, 4.69) is 18.3 Å². The molecule has 4 heteroatoms. The molecule has 0 radical (unpaired) electrons. The van der Waals surface area contributed by atoms with Crippen molar-refractivity contribution >= 4 is 5.82 Å². The topological polar surface area (TPSA) is 47.0 Å². The largest absolute Gasteiger partial charge is 0.493 e. The fourth-order valence-electron chi connectivity index (χ4n) is 3.02. The molecule has 0 amide bonds. The Morgan fingerprint density at radius 3 is 2.62 bits per heavy atom. The number of hydrogen-bond donors (Lipinski definition) is 1. The second-order valence-electron chi connectivity index (χ2n) is 5.71. The van der Waals surface area contributed by atoms with Gasteiger partial charge in [-0.15, -0.1) is 0 Å². The van der Waals surface area contributed by atoms with Crippen LogP contribution in [-0.2, 0) is 6.42 Å². The molecule has 0 unspecified atom stereocenters. The van der Waals surface area contributed by atoms with Gasteiger partial charge >= 0.3 is 0 Å². The second kappa shape index (κ2) is 6.32. The lowest BCUT2D eigenvalue weighted by molar-refractivity contribution is 0.326. The summed E-state index contributed by atoms with van der Waals surface area (Å²) in [6.07, 6.45) is 0.793.